The minimum absolute atomic E-state index is 0.0553. The van der Waals surface area contributed by atoms with Gasteiger partial charge in [-0.1, -0.05) is 20.4 Å². The highest BCUT2D eigenvalue weighted by Gasteiger charge is 2.25. The van der Waals surface area contributed by atoms with Crippen molar-refractivity contribution in [3.05, 3.63) is 12.3 Å². The van der Waals surface area contributed by atoms with Crippen molar-refractivity contribution in [2.24, 2.45) is 11.8 Å². The first-order chi connectivity index (χ1) is 7.06. The summed E-state index contributed by atoms with van der Waals surface area (Å²) >= 11 is 0. The molecular formula is C12H22N2O. The van der Waals surface area contributed by atoms with E-state index in [1.807, 2.05) is 4.90 Å². The molecule has 1 rings (SSSR count). The zero-order valence-corrected chi connectivity index (χ0v) is 10.0. The molecule has 1 aliphatic rings. The van der Waals surface area contributed by atoms with E-state index in [2.05, 4.69) is 25.7 Å². The van der Waals surface area contributed by atoms with Crippen LogP contribution < -0.4 is 5.32 Å². The number of piperidine rings is 1. The highest BCUT2D eigenvalue weighted by molar-refractivity contribution is 5.92. The van der Waals surface area contributed by atoms with Crippen molar-refractivity contribution in [3.8, 4) is 0 Å². The van der Waals surface area contributed by atoms with Crippen LogP contribution >= 0.6 is 0 Å². The number of hydrogen-bond acceptors (Lipinski definition) is 2. The Bertz CT molecular complexity index is 240. The number of carbonyl (C=O) groups is 1. The van der Waals surface area contributed by atoms with Gasteiger partial charge in [0.25, 0.3) is 5.91 Å². The van der Waals surface area contributed by atoms with Crippen LogP contribution in [0.2, 0.25) is 0 Å². The molecular weight excluding hydrogens is 188 g/mol. The molecule has 0 aromatic carbocycles. The molecule has 0 unspecified atom stereocenters. The van der Waals surface area contributed by atoms with Crippen molar-refractivity contribution < 1.29 is 4.79 Å². The van der Waals surface area contributed by atoms with Crippen molar-refractivity contribution in [2.75, 3.05) is 20.1 Å². The van der Waals surface area contributed by atoms with Gasteiger partial charge in [0.15, 0.2) is 0 Å². The summed E-state index contributed by atoms with van der Waals surface area (Å²) < 4.78 is 0. The fourth-order valence-electron chi connectivity index (χ4n) is 2.07. The molecule has 15 heavy (non-hydrogen) atoms. The summed E-state index contributed by atoms with van der Waals surface area (Å²) in [5, 5.41) is 2.81. The van der Waals surface area contributed by atoms with Crippen molar-refractivity contribution in [2.45, 2.75) is 26.7 Å². The van der Waals surface area contributed by atoms with Crippen molar-refractivity contribution in [1.82, 2.24) is 10.2 Å². The summed E-state index contributed by atoms with van der Waals surface area (Å²) in [6.45, 7) is 9.97. The summed E-state index contributed by atoms with van der Waals surface area (Å²) in [7, 11) is 1.74. The SMILES string of the molecule is C=C(NC)C(=O)N1CCC(C(C)C)CC1. The normalized spacial score (nSPS) is 18.0. The fraction of sp³-hybridized carbons (Fsp3) is 0.750. The van der Waals surface area contributed by atoms with Crippen molar-refractivity contribution >= 4 is 5.91 Å². The quantitative estimate of drug-likeness (QED) is 0.718. The first kappa shape index (κ1) is 12.1. The van der Waals surface area contributed by atoms with Gasteiger partial charge >= 0.3 is 0 Å². The van der Waals surface area contributed by atoms with E-state index < -0.39 is 0 Å². The lowest BCUT2D eigenvalue weighted by molar-refractivity contribution is -0.129. The standard InChI is InChI=1S/C12H22N2O/c1-9(2)11-5-7-14(8-6-11)12(15)10(3)13-4/h9,11,13H,3,5-8H2,1-2,4H3. The lowest BCUT2D eigenvalue weighted by Gasteiger charge is -2.34. The van der Waals surface area contributed by atoms with Gasteiger partial charge < -0.3 is 10.2 Å². The first-order valence-corrected chi connectivity index (χ1v) is 5.72. The first-order valence-electron chi connectivity index (χ1n) is 5.72. The predicted octanol–water partition coefficient (Wildman–Crippen LogP) is 1.61. The van der Waals surface area contributed by atoms with Crippen LogP contribution in [0.3, 0.4) is 0 Å². The van der Waals surface area contributed by atoms with Gasteiger partial charge in [0.05, 0.1) is 5.70 Å². The van der Waals surface area contributed by atoms with E-state index in [1.54, 1.807) is 7.05 Å². The summed E-state index contributed by atoms with van der Waals surface area (Å²) in [4.78, 5) is 13.7. The van der Waals surface area contributed by atoms with E-state index in [0.29, 0.717) is 5.70 Å². The van der Waals surface area contributed by atoms with Gasteiger partial charge in [-0.15, -0.1) is 0 Å². The Labute approximate surface area is 92.5 Å². The van der Waals surface area contributed by atoms with Crippen LogP contribution in [0.5, 0.6) is 0 Å². The second-order valence-corrected chi connectivity index (χ2v) is 4.60. The molecule has 1 heterocycles. The van der Waals surface area contributed by atoms with Gasteiger partial charge in [-0.2, -0.15) is 0 Å². The predicted molar refractivity (Wildman–Crippen MR) is 62.3 cm³/mol. The molecule has 0 aliphatic carbocycles. The molecule has 0 aromatic rings. The molecule has 3 nitrogen and oxygen atoms in total. The molecule has 1 fully saturated rings. The molecule has 1 N–H and O–H groups in total. The number of carbonyl (C=O) groups excluding carboxylic acids is 1. The van der Waals surface area contributed by atoms with Crippen LogP contribution in [0, 0.1) is 11.8 Å². The molecule has 0 atom stereocenters. The molecule has 0 radical (unpaired) electrons. The van der Waals surface area contributed by atoms with Crippen LogP contribution in [-0.2, 0) is 4.79 Å². The van der Waals surface area contributed by atoms with E-state index >= 15 is 0 Å². The molecule has 1 amide bonds. The zero-order chi connectivity index (χ0) is 11.4. The number of amides is 1. The molecule has 86 valence electrons. The Morgan fingerprint density at radius 2 is 1.93 bits per heavy atom. The van der Waals surface area contributed by atoms with E-state index in [0.717, 1.165) is 37.8 Å². The molecule has 0 aromatic heterocycles. The average molecular weight is 210 g/mol. The largest absolute Gasteiger partial charge is 0.384 e. The van der Waals surface area contributed by atoms with Gasteiger partial charge in [-0.3, -0.25) is 4.79 Å². The molecule has 1 aliphatic heterocycles. The maximum Gasteiger partial charge on any atom is 0.269 e. The number of nitrogens with zero attached hydrogens (tertiary/aromatic N) is 1. The summed E-state index contributed by atoms with van der Waals surface area (Å²) in [5.74, 6) is 1.56. The minimum Gasteiger partial charge on any atom is -0.384 e. The maximum absolute atomic E-state index is 11.8. The zero-order valence-electron chi connectivity index (χ0n) is 10.0. The monoisotopic (exact) mass is 210 g/mol. The number of likely N-dealkylation sites (tertiary alicyclic amines) is 1. The molecule has 0 bridgehead atoms. The van der Waals surface area contributed by atoms with Crippen LogP contribution in [0.4, 0.5) is 0 Å². The summed E-state index contributed by atoms with van der Waals surface area (Å²) in [6.07, 6.45) is 2.25. The number of rotatable bonds is 3. The maximum atomic E-state index is 11.8. The van der Waals surface area contributed by atoms with Gasteiger partial charge in [-0.25, -0.2) is 0 Å². The van der Waals surface area contributed by atoms with Gasteiger partial charge in [0.2, 0.25) is 0 Å². The molecule has 0 saturated carbocycles. The van der Waals surface area contributed by atoms with Crippen LogP contribution in [0.15, 0.2) is 12.3 Å². The average Bonchev–Trinajstić information content (AvgIpc) is 2.27. The van der Waals surface area contributed by atoms with E-state index in [1.165, 1.54) is 0 Å². The van der Waals surface area contributed by atoms with E-state index in [4.69, 9.17) is 0 Å². The molecule has 0 spiro atoms. The summed E-state index contributed by atoms with van der Waals surface area (Å²) in [5.41, 5.74) is 0.498. The summed E-state index contributed by atoms with van der Waals surface area (Å²) in [6, 6.07) is 0. The molecule has 1 saturated heterocycles. The smallest absolute Gasteiger partial charge is 0.269 e. The van der Waals surface area contributed by atoms with Gasteiger partial charge in [-0.05, 0) is 24.7 Å². The fourth-order valence-corrected chi connectivity index (χ4v) is 2.07. The van der Waals surface area contributed by atoms with Crippen LogP contribution in [0.25, 0.3) is 0 Å². The van der Waals surface area contributed by atoms with Crippen LogP contribution in [-0.4, -0.2) is 30.9 Å². The third kappa shape index (κ3) is 2.98. The highest BCUT2D eigenvalue weighted by atomic mass is 16.2. The Morgan fingerprint density at radius 1 is 1.40 bits per heavy atom. The minimum atomic E-state index is 0.0553. The number of hydrogen-bond donors (Lipinski definition) is 1. The van der Waals surface area contributed by atoms with Crippen LogP contribution in [0.1, 0.15) is 26.7 Å². The second kappa shape index (κ2) is 5.19. The lowest BCUT2D eigenvalue weighted by Crippen LogP contribution is -2.41. The van der Waals surface area contributed by atoms with Crippen molar-refractivity contribution in [1.29, 1.82) is 0 Å². The lowest BCUT2D eigenvalue weighted by atomic mass is 9.86. The Morgan fingerprint density at radius 3 is 2.33 bits per heavy atom. The third-order valence-corrected chi connectivity index (χ3v) is 3.33. The number of nitrogens with one attached hydrogen (secondary N) is 1. The topological polar surface area (TPSA) is 32.3 Å². The Hall–Kier alpha value is -0.990. The van der Waals surface area contributed by atoms with E-state index in [9.17, 15) is 4.79 Å². The highest BCUT2D eigenvalue weighted by Crippen LogP contribution is 2.24. The third-order valence-electron chi connectivity index (χ3n) is 3.33. The number of likely N-dealkylation sites (N-methyl/N-ethyl adjacent to an activating group) is 1. The Kier molecular flexibility index (Phi) is 4.18. The Balaban J connectivity index is 2.44. The van der Waals surface area contributed by atoms with Gasteiger partial charge in [0.1, 0.15) is 0 Å². The van der Waals surface area contributed by atoms with E-state index in [-0.39, 0.29) is 5.91 Å². The van der Waals surface area contributed by atoms with Crippen molar-refractivity contribution in [3.63, 3.8) is 0 Å². The molecule has 3 heteroatoms. The second-order valence-electron chi connectivity index (χ2n) is 4.60. The van der Waals surface area contributed by atoms with Gasteiger partial charge in [0, 0.05) is 20.1 Å².